The predicted octanol–water partition coefficient (Wildman–Crippen LogP) is 3.06. The molecule has 94 valence electrons. The van der Waals surface area contributed by atoms with E-state index < -0.39 is 10.8 Å². The van der Waals surface area contributed by atoms with Gasteiger partial charge < -0.3 is 4.74 Å². The van der Waals surface area contributed by atoms with Gasteiger partial charge in [0.25, 0.3) is 0 Å². The summed E-state index contributed by atoms with van der Waals surface area (Å²) in [7, 11) is -0.929. The molecule has 0 aromatic heterocycles. The molecule has 1 unspecified atom stereocenters. The Kier molecular flexibility index (Phi) is 4.35. The zero-order valence-corrected chi connectivity index (χ0v) is 11.3. The second-order valence-electron chi connectivity index (χ2n) is 4.82. The third-order valence-corrected chi connectivity index (χ3v) is 4.66. The van der Waals surface area contributed by atoms with Crippen LogP contribution in [-0.4, -0.2) is 22.2 Å². The van der Waals surface area contributed by atoms with Crippen molar-refractivity contribution in [1.29, 1.82) is 0 Å². The largest absolute Gasteiger partial charge is 0.374 e. The Bertz CT molecular complexity index is 386. The second kappa shape index (κ2) is 5.78. The van der Waals surface area contributed by atoms with Crippen LogP contribution in [0.3, 0.4) is 0 Å². The fourth-order valence-electron chi connectivity index (χ4n) is 2.18. The van der Waals surface area contributed by atoms with E-state index in [4.69, 9.17) is 4.74 Å². The molecular formula is C14H20O2S. The van der Waals surface area contributed by atoms with Crippen molar-refractivity contribution in [2.45, 2.75) is 50.2 Å². The maximum atomic E-state index is 12.2. The molecule has 2 nitrogen and oxygen atoms in total. The van der Waals surface area contributed by atoms with Crippen molar-refractivity contribution in [2.75, 3.05) is 5.75 Å². The lowest BCUT2D eigenvalue weighted by molar-refractivity contribution is -0.0270. The minimum absolute atomic E-state index is 0.167. The third kappa shape index (κ3) is 3.65. The first-order valence-electron chi connectivity index (χ1n) is 6.25. The van der Waals surface area contributed by atoms with Crippen LogP contribution in [0.4, 0.5) is 0 Å². The molecule has 1 aliphatic rings. The molecule has 0 amide bonds. The van der Waals surface area contributed by atoms with Gasteiger partial charge in [0.1, 0.15) is 0 Å². The molecule has 0 N–H and O–H groups in total. The smallest absolute Gasteiger partial charge is 0.0697 e. The van der Waals surface area contributed by atoms with Crippen LogP contribution in [0.1, 0.15) is 31.7 Å². The number of hydrogen-bond donors (Lipinski definition) is 0. The summed E-state index contributed by atoms with van der Waals surface area (Å²) in [5.74, 6) is 0.632. The highest BCUT2D eigenvalue weighted by molar-refractivity contribution is 7.85. The SMILES string of the molecule is Cc1ccc(S(=O)C[C@@H]2CCC[C@H](C)O2)cc1. The fourth-order valence-corrected chi connectivity index (χ4v) is 3.39. The van der Waals surface area contributed by atoms with Crippen LogP contribution in [0, 0.1) is 6.92 Å². The molecule has 1 fully saturated rings. The molecular weight excluding hydrogens is 232 g/mol. The number of hydrogen-bond acceptors (Lipinski definition) is 2. The van der Waals surface area contributed by atoms with Crippen LogP contribution in [0.2, 0.25) is 0 Å². The maximum Gasteiger partial charge on any atom is 0.0697 e. The van der Waals surface area contributed by atoms with Crippen molar-refractivity contribution in [3.63, 3.8) is 0 Å². The van der Waals surface area contributed by atoms with Crippen molar-refractivity contribution < 1.29 is 8.95 Å². The van der Waals surface area contributed by atoms with E-state index in [1.807, 2.05) is 31.2 Å². The van der Waals surface area contributed by atoms with Crippen molar-refractivity contribution in [3.05, 3.63) is 29.8 Å². The number of aryl methyl sites for hydroxylation is 1. The molecule has 0 bridgehead atoms. The lowest BCUT2D eigenvalue weighted by Gasteiger charge is -2.27. The monoisotopic (exact) mass is 252 g/mol. The summed E-state index contributed by atoms with van der Waals surface area (Å²) in [5.41, 5.74) is 1.20. The van der Waals surface area contributed by atoms with E-state index in [1.54, 1.807) is 0 Å². The van der Waals surface area contributed by atoms with Gasteiger partial charge in [0.05, 0.1) is 28.8 Å². The zero-order chi connectivity index (χ0) is 12.3. The van der Waals surface area contributed by atoms with Gasteiger partial charge in [-0.15, -0.1) is 0 Å². The summed E-state index contributed by atoms with van der Waals surface area (Å²) >= 11 is 0. The summed E-state index contributed by atoms with van der Waals surface area (Å²) in [6, 6.07) is 7.94. The highest BCUT2D eigenvalue weighted by atomic mass is 32.2. The first kappa shape index (κ1) is 12.8. The van der Waals surface area contributed by atoms with Gasteiger partial charge in [0.2, 0.25) is 0 Å². The molecule has 0 saturated carbocycles. The van der Waals surface area contributed by atoms with Gasteiger partial charge in [-0.1, -0.05) is 17.7 Å². The zero-order valence-electron chi connectivity index (χ0n) is 10.5. The summed E-state index contributed by atoms with van der Waals surface area (Å²) < 4.78 is 18.0. The molecule has 1 saturated heterocycles. The van der Waals surface area contributed by atoms with Crippen LogP contribution in [0.25, 0.3) is 0 Å². The Morgan fingerprint density at radius 2 is 2.00 bits per heavy atom. The quantitative estimate of drug-likeness (QED) is 0.826. The average Bonchev–Trinajstić information content (AvgIpc) is 2.29. The van der Waals surface area contributed by atoms with Crippen molar-refractivity contribution in [2.24, 2.45) is 0 Å². The molecule has 0 spiro atoms. The second-order valence-corrected chi connectivity index (χ2v) is 6.32. The summed E-state index contributed by atoms with van der Waals surface area (Å²) in [4.78, 5) is 0.914. The summed E-state index contributed by atoms with van der Waals surface area (Å²) in [5, 5.41) is 0. The molecule has 0 aliphatic carbocycles. The Labute approximate surface area is 106 Å². The topological polar surface area (TPSA) is 26.3 Å². The van der Waals surface area contributed by atoms with Crippen molar-refractivity contribution in [3.8, 4) is 0 Å². The molecule has 0 radical (unpaired) electrons. The predicted molar refractivity (Wildman–Crippen MR) is 70.6 cm³/mol. The Morgan fingerprint density at radius 3 is 2.65 bits per heavy atom. The first-order valence-corrected chi connectivity index (χ1v) is 7.57. The molecule has 1 aromatic carbocycles. The highest BCUT2D eigenvalue weighted by Crippen LogP contribution is 2.20. The molecule has 17 heavy (non-hydrogen) atoms. The normalized spacial score (nSPS) is 26.7. The number of ether oxygens (including phenoxy) is 1. The van der Waals surface area contributed by atoms with Crippen LogP contribution < -0.4 is 0 Å². The Hall–Kier alpha value is -0.670. The average molecular weight is 252 g/mol. The molecule has 1 aliphatic heterocycles. The molecule has 3 heteroatoms. The van der Waals surface area contributed by atoms with E-state index in [0.29, 0.717) is 11.9 Å². The third-order valence-electron chi connectivity index (χ3n) is 3.18. The van der Waals surface area contributed by atoms with Crippen LogP contribution in [0.5, 0.6) is 0 Å². The molecule has 2 rings (SSSR count). The molecule has 3 atom stereocenters. The van der Waals surface area contributed by atoms with E-state index in [2.05, 4.69) is 6.92 Å². The molecule has 1 heterocycles. The lowest BCUT2D eigenvalue weighted by atomic mass is 10.1. The lowest BCUT2D eigenvalue weighted by Crippen LogP contribution is -2.29. The van der Waals surface area contributed by atoms with Crippen molar-refractivity contribution in [1.82, 2.24) is 0 Å². The Balaban J connectivity index is 1.94. The van der Waals surface area contributed by atoms with Gasteiger partial charge in [-0.2, -0.15) is 0 Å². The van der Waals surface area contributed by atoms with Gasteiger partial charge in [-0.05, 0) is 45.2 Å². The van der Waals surface area contributed by atoms with Crippen LogP contribution >= 0.6 is 0 Å². The van der Waals surface area contributed by atoms with E-state index in [-0.39, 0.29) is 6.10 Å². The van der Waals surface area contributed by atoms with E-state index >= 15 is 0 Å². The Morgan fingerprint density at radius 1 is 1.29 bits per heavy atom. The van der Waals surface area contributed by atoms with Gasteiger partial charge in [0.15, 0.2) is 0 Å². The minimum Gasteiger partial charge on any atom is -0.374 e. The van der Waals surface area contributed by atoms with E-state index in [9.17, 15) is 4.21 Å². The first-order chi connectivity index (χ1) is 8.15. The van der Waals surface area contributed by atoms with Crippen LogP contribution in [-0.2, 0) is 15.5 Å². The summed E-state index contributed by atoms with van der Waals surface area (Å²) in [6.07, 6.45) is 3.86. The van der Waals surface area contributed by atoms with E-state index in [1.165, 1.54) is 12.0 Å². The maximum absolute atomic E-state index is 12.2. The van der Waals surface area contributed by atoms with Crippen LogP contribution in [0.15, 0.2) is 29.2 Å². The van der Waals surface area contributed by atoms with E-state index in [0.717, 1.165) is 17.7 Å². The van der Waals surface area contributed by atoms with Gasteiger partial charge in [-0.25, -0.2) is 0 Å². The standard InChI is InChI=1S/C14H20O2S/c1-11-6-8-14(9-7-11)17(15)10-13-5-3-4-12(2)16-13/h6-9,12-13H,3-5,10H2,1-2H3/t12-,13-,17?/m0/s1. The van der Waals surface area contributed by atoms with Gasteiger partial charge in [0, 0.05) is 4.90 Å². The fraction of sp³-hybridized carbons (Fsp3) is 0.571. The van der Waals surface area contributed by atoms with Crippen molar-refractivity contribution >= 4 is 10.8 Å². The minimum atomic E-state index is -0.929. The highest BCUT2D eigenvalue weighted by Gasteiger charge is 2.21. The summed E-state index contributed by atoms with van der Waals surface area (Å²) in [6.45, 7) is 4.14. The number of rotatable bonds is 3. The molecule has 1 aromatic rings. The van der Waals surface area contributed by atoms with Gasteiger partial charge >= 0.3 is 0 Å². The van der Waals surface area contributed by atoms with Gasteiger partial charge in [-0.3, -0.25) is 4.21 Å². The number of benzene rings is 1.